The van der Waals surface area contributed by atoms with Crippen LogP contribution in [0.3, 0.4) is 0 Å². The molecular formula is C23H18ClN3O4S. The SMILES string of the molecule is COc1ccc(Cl)cc1NC(=O)COC(=O)c1cc(-c2cccs2)nn1-c1ccccc1. The van der Waals surface area contributed by atoms with Gasteiger partial charge in [0.1, 0.15) is 11.4 Å². The van der Waals surface area contributed by atoms with Crippen LogP contribution >= 0.6 is 22.9 Å². The van der Waals surface area contributed by atoms with Gasteiger partial charge in [-0.1, -0.05) is 35.9 Å². The van der Waals surface area contributed by atoms with Gasteiger partial charge in [-0.2, -0.15) is 5.10 Å². The van der Waals surface area contributed by atoms with Crippen LogP contribution in [-0.2, 0) is 9.53 Å². The summed E-state index contributed by atoms with van der Waals surface area (Å²) in [6, 6.07) is 19.6. The monoisotopic (exact) mass is 467 g/mol. The zero-order valence-corrected chi connectivity index (χ0v) is 18.5. The first-order valence-corrected chi connectivity index (χ1v) is 10.8. The van der Waals surface area contributed by atoms with Crippen molar-refractivity contribution in [2.45, 2.75) is 0 Å². The van der Waals surface area contributed by atoms with E-state index in [0.29, 0.717) is 27.8 Å². The van der Waals surface area contributed by atoms with Crippen molar-refractivity contribution in [1.29, 1.82) is 0 Å². The standard InChI is InChI=1S/C23H18ClN3O4S/c1-30-20-10-9-15(24)12-17(20)25-22(28)14-31-23(29)19-13-18(21-8-5-11-32-21)26-27(19)16-6-3-2-4-7-16/h2-13H,14H2,1H3,(H,25,28). The number of hydrogen-bond donors (Lipinski definition) is 1. The van der Waals surface area contributed by atoms with E-state index in [9.17, 15) is 9.59 Å². The van der Waals surface area contributed by atoms with Gasteiger partial charge < -0.3 is 14.8 Å². The third-order valence-electron chi connectivity index (χ3n) is 4.46. The molecule has 0 aliphatic carbocycles. The van der Waals surface area contributed by atoms with E-state index in [1.807, 2.05) is 47.8 Å². The van der Waals surface area contributed by atoms with Crippen LogP contribution in [-0.4, -0.2) is 35.4 Å². The largest absolute Gasteiger partial charge is 0.495 e. The molecule has 0 saturated heterocycles. The lowest BCUT2D eigenvalue weighted by Gasteiger charge is -2.11. The van der Waals surface area contributed by atoms with Crippen LogP contribution in [0.2, 0.25) is 5.02 Å². The molecule has 7 nitrogen and oxygen atoms in total. The molecule has 1 N–H and O–H groups in total. The maximum Gasteiger partial charge on any atom is 0.357 e. The molecule has 2 heterocycles. The van der Waals surface area contributed by atoms with Crippen LogP contribution in [0.15, 0.2) is 72.1 Å². The first-order chi connectivity index (χ1) is 15.5. The average molecular weight is 468 g/mol. The van der Waals surface area contributed by atoms with Crippen molar-refractivity contribution >= 4 is 40.5 Å². The first-order valence-electron chi connectivity index (χ1n) is 9.55. The summed E-state index contributed by atoms with van der Waals surface area (Å²) in [5.41, 5.74) is 1.95. The molecule has 0 bridgehead atoms. The number of aromatic nitrogens is 2. The average Bonchev–Trinajstić information content (AvgIpc) is 3.48. The van der Waals surface area contributed by atoms with Crippen molar-refractivity contribution in [2.75, 3.05) is 19.0 Å². The van der Waals surface area contributed by atoms with Crippen LogP contribution in [0, 0.1) is 0 Å². The van der Waals surface area contributed by atoms with E-state index in [4.69, 9.17) is 21.1 Å². The summed E-state index contributed by atoms with van der Waals surface area (Å²) < 4.78 is 12.0. The van der Waals surface area contributed by atoms with Gasteiger partial charge in [-0.15, -0.1) is 11.3 Å². The number of carbonyl (C=O) groups excluding carboxylic acids is 2. The Bertz CT molecular complexity index is 1240. The third kappa shape index (κ3) is 4.82. The van der Waals surface area contributed by atoms with Crippen molar-refractivity contribution in [3.8, 4) is 22.0 Å². The molecule has 2 aromatic heterocycles. The van der Waals surface area contributed by atoms with Crippen LogP contribution in [0.1, 0.15) is 10.5 Å². The number of hydrogen-bond acceptors (Lipinski definition) is 6. The fraction of sp³-hybridized carbons (Fsp3) is 0.0870. The minimum absolute atomic E-state index is 0.215. The minimum atomic E-state index is -0.669. The Balaban J connectivity index is 1.52. The summed E-state index contributed by atoms with van der Waals surface area (Å²) in [6.45, 7) is -0.483. The lowest BCUT2D eigenvalue weighted by molar-refractivity contribution is -0.119. The summed E-state index contributed by atoms with van der Waals surface area (Å²) in [5, 5.41) is 9.57. The number of nitrogens with one attached hydrogen (secondary N) is 1. The van der Waals surface area contributed by atoms with Crippen LogP contribution in [0.5, 0.6) is 5.75 Å². The number of para-hydroxylation sites is 1. The van der Waals surface area contributed by atoms with Gasteiger partial charge in [0.25, 0.3) is 5.91 Å². The van der Waals surface area contributed by atoms with E-state index in [2.05, 4.69) is 10.4 Å². The van der Waals surface area contributed by atoms with Gasteiger partial charge >= 0.3 is 5.97 Å². The quantitative estimate of drug-likeness (QED) is 0.384. The van der Waals surface area contributed by atoms with E-state index in [0.717, 1.165) is 4.88 Å². The molecule has 0 fully saturated rings. The van der Waals surface area contributed by atoms with Crippen LogP contribution < -0.4 is 10.1 Å². The normalized spacial score (nSPS) is 10.6. The van der Waals surface area contributed by atoms with E-state index in [1.54, 1.807) is 24.3 Å². The van der Waals surface area contributed by atoms with Gasteiger partial charge in [0.2, 0.25) is 0 Å². The summed E-state index contributed by atoms with van der Waals surface area (Å²) >= 11 is 7.50. The Kier molecular flexibility index (Phi) is 6.53. The highest BCUT2D eigenvalue weighted by Crippen LogP contribution is 2.28. The third-order valence-corrected chi connectivity index (χ3v) is 5.59. The second-order valence-electron chi connectivity index (χ2n) is 6.61. The molecule has 0 atom stereocenters. The lowest BCUT2D eigenvalue weighted by Crippen LogP contribution is -2.22. The van der Waals surface area contributed by atoms with E-state index in [-0.39, 0.29) is 5.69 Å². The smallest absolute Gasteiger partial charge is 0.357 e. The van der Waals surface area contributed by atoms with Gasteiger partial charge in [-0.3, -0.25) is 4.79 Å². The predicted octanol–water partition coefficient (Wildman–Crippen LogP) is 5.06. The molecule has 0 aliphatic heterocycles. The van der Waals surface area contributed by atoms with Crippen molar-refractivity contribution < 1.29 is 19.1 Å². The second-order valence-corrected chi connectivity index (χ2v) is 7.99. The van der Waals surface area contributed by atoms with Gasteiger partial charge in [0, 0.05) is 11.1 Å². The second kappa shape index (κ2) is 9.67. The molecule has 2 aromatic carbocycles. The number of esters is 1. The summed E-state index contributed by atoms with van der Waals surface area (Å²) in [5.74, 6) is -0.752. The summed E-state index contributed by atoms with van der Waals surface area (Å²) in [6.07, 6.45) is 0. The van der Waals surface area contributed by atoms with Gasteiger partial charge in [0.15, 0.2) is 12.3 Å². The molecule has 0 radical (unpaired) electrons. The van der Waals surface area contributed by atoms with E-state index < -0.39 is 18.5 Å². The Morgan fingerprint density at radius 1 is 1.09 bits per heavy atom. The first kappa shape index (κ1) is 21.6. The highest BCUT2D eigenvalue weighted by molar-refractivity contribution is 7.13. The van der Waals surface area contributed by atoms with E-state index in [1.165, 1.54) is 23.1 Å². The van der Waals surface area contributed by atoms with Crippen LogP contribution in [0.25, 0.3) is 16.3 Å². The molecule has 0 unspecified atom stereocenters. The molecule has 1 amide bonds. The fourth-order valence-electron chi connectivity index (χ4n) is 3.01. The Labute approximate surface area is 193 Å². The van der Waals surface area contributed by atoms with Crippen molar-refractivity contribution in [3.63, 3.8) is 0 Å². The maximum absolute atomic E-state index is 12.9. The van der Waals surface area contributed by atoms with Crippen LogP contribution in [0.4, 0.5) is 5.69 Å². The highest BCUT2D eigenvalue weighted by atomic mass is 35.5. The number of rotatable bonds is 7. The molecular weight excluding hydrogens is 450 g/mol. The fourth-order valence-corrected chi connectivity index (χ4v) is 3.86. The predicted molar refractivity (Wildman–Crippen MR) is 124 cm³/mol. The number of ether oxygens (including phenoxy) is 2. The number of nitrogens with zero attached hydrogens (tertiary/aromatic N) is 2. The number of methoxy groups -OCH3 is 1. The molecule has 0 saturated carbocycles. The maximum atomic E-state index is 12.9. The molecule has 9 heteroatoms. The number of carbonyl (C=O) groups is 2. The zero-order chi connectivity index (χ0) is 22.5. The van der Waals surface area contributed by atoms with Gasteiger partial charge in [-0.25, -0.2) is 9.48 Å². The van der Waals surface area contributed by atoms with Gasteiger partial charge in [0.05, 0.1) is 23.4 Å². The minimum Gasteiger partial charge on any atom is -0.495 e. The summed E-state index contributed by atoms with van der Waals surface area (Å²) in [7, 11) is 1.48. The molecule has 162 valence electrons. The molecule has 4 aromatic rings. The zero-order valence-electron chi connectivity index (χ0n) is 16.9. The highest BCUT2D eigenvalue weighted by Gasteiger charge is 2.20. The number of anilines is 1. The lowest BCUT2D eigenvalue weighted by atomic mass is 10.3. The number of thiophene rings is 1. The van der Waals surface area contributed by atoms with Gasteiger partial charge in [-0.05, 0) is 41.8 Å². The molecule has 32 heavy (non-hydrogen) atoms. The summed E-state index contributed by atoms with van der Waals surface area (Å²) in [4.78, 5) is 26.1. The van der Waals surface area contributed by atoms with Crippen molar-refractivity contribution in [2.24, 2.45) is 0 Å². The number of benzene rings is 2. The topological polar surface area (TPSA) is 82.4 Å². The number of amides is 1. The number of halogens is 1. The molecule has 0 aliphatic rings. The van der Waals surface area contributed by atoms with Crippen molar-refractivity contribution in [1.82, 2.24) is 9.78 Å². The molecule has 0 spiro atoms. The Hall–Kier alpha value is -3.62. The Morgan fingerprint density at radius 2 is 1.91 bits per heavy atom. The van der Waals surface area contributed by atoms with E-state index >= 15 is 0 Å². The molecule has 4 rings (SSSR count). The Morgan fingerprint density at radius 3 is 2.62 bits per heavy atom. The van der Waals surface area contributed by atoms with Crippen molar-refractivity contribution in [3.05, 3.63) is 82.8 Å².